The fourth-order valence-corrected chi connectivity index (χ4v) is 2.56. The maximum Gasteiger partial charge on any atom is 0.226 e. The van der Waals surface area contributed by atoms with Gasteiger partial charge in [0.25, 0.3) is 0 Å². The number of fused-ring (bicyclic) bond motifs is 3. The molecule has 1 saturated heterocycles. The maximum absolute atomic E-state index is 13.9. The number of amides is 1. The van der Waals surface area contributed by atoms with Crippen molar-refractivity contribution in [2.45, 2.75) is 12.5 Å². The topological polar surface area (TPSA) is 44.4 Å². The molecule has 1 unspecified atom stereocenters. The minimum absolute atomic E-state index is 0.0434. The molecule has 90 valence electrons. The van der Waals surface area contributed by atoms with Crippen molar-refractivity contribution in [1.82, 2.24) is 5.32 Å². The van der Waals surface area contributed by atoms with Crippen molar-refractivity contribution in [2.75, 3.05) is 29.9 Å². The number of hydrogen-bond acceptors (Lipinski definition) is 3. The smallest absolute Gasteiger partial charge is 0.226 e. The second-order valence-corrected chi connectivity index (χ2v) is 4.44. The highest BCUT2D eigenvalue weighted by atomic mass is 19.1. The summed E-state index contributed by atoms with van der Waals surface area (Å²) in [6.07, 6.45) is 0.404. The van der Waals surface area contributed by atoms with E-state index in [-0.39, 0.29) is 17.8 Å². The van der Waals surface area contributed by atoms with Crippen LogP contribution in [0.4, 0.5) is 15.8 Å². The lowest BCUT2D eigenvalue weighted by atomic mass is 10.1. The molecule has 0 aliphatic carbocycles. The van der Waals surface area contributed by atoms with E-state index < -0.39 is 0 Å². The summed E-state index contributed by atoms with van der Waals surface area (Å²) in [6.45, 7) is 2.27. The highest BCUT2D eigenvalue weighted by Gasteiger charge is 2.31. The molecule has 5 heteroatoms. The third-order valence-corrected chi connectivity index (χ3v) is 3.32. The number of nitrogens with one attached hydrogen (secondary N) is 2. The van der Waals surface area contributed by atoms with Crippen molar-refractivity contribution in [3.63, 3.8) is 0 Å². The molecule has 2 heterocycles. The van der Waals surface area contributed by atoms with Crippen LogP contribution in [0.15, 0.2) is 18.2 Å². The first kappa shape index (κ1) is 10.5. The van der Waals surface area contributed by atoms with Gasteiger partial charge in [-0.2, -0.15) is 0 Å². The van der Waals surface area contributed by atoms with E-state index in [1.165, 1.54) is 6.07 Å². The summed E-state index contributed by atoms with van der Waals surface area (Å²) in [5.74, 6) is -0.315. The number of benzene rings is 1. The Kier molecular flexibility index (Phi) is 2.48. The number of carbonyl (C=O) groups excluding carboxylic acids is 1. The average molecular weight is 235 g/mol. The zero-order valence-electron chi connectivity index (χ0n) is 9.37. The van der Waals surface area contributed by atoms with Crippen LogP contribution < -0.4 is 15.5 Å². The Morgan fingerprint density at radius 1 is 1.41 bits per heavy atom. The average Bonchev–Trinajstić information content (AvgIpc) is 2.44. The second kappa shape index (κ2) is 4.00. The lowest BCUT2D eigenvalue weighted by molar-refractivity contribution is -0.116. The number of piperazine rings is 1. The molecule has 0 bridgehead atoms. The van der Waals surface area contributed by atoms with Crippen LogP contribution in [-0.4, -0.2) is 31.6 Å². The fourth-order valence-electron chi connectivity index (χ4n) is 2.56. The number of hydrogen-bond donors (Lipinski definition) is 2. The first-order chi connectivity index (χ1) is 8.25. The van der Waals surface area contributed by atoms with Crippen LogP contribution in [0.5, 0.6) is 0 Å². The third-order valence-electron chi connectivity index (χ3n) is 3.32. The van der Waals surface area contributed by atoms with Crippen molar-refractivity contribution in [1.29, 1.82) is 0 Å². The Morgan fingerprint density at radius 2 is 2.29 bits per heavy atom. The van der Waals surface area contributed by atoms with E-state index in [9.17, 15) is 9.18 Å². The highest BCUT2D eigenvalue weighted by Crippen LogP contribution is 2.34. The van der Waals surface area contributed by atoms with Gasteiger partial charge in [0.1, 0.15) is 5.82 Å². The molecule has 1 atom stereocenters. The summed E-state index contributed by atoms with van der Waals surface area (Å²) in [5, 5.41) is 6.01. The van der Waals surface area contributed by atoms with Gasteiger partial charge >= 0.3 is 0 Å². The Hall–Kier alpha value is -1.62. The van der Waals surface area contributed by atoms with Gasteiger partial charge in [0.2, 0.25) is 5.91 Å². The number of nitrogens with zero attached hydrogens (tertiary/aromatic N) is 1. The molecule has 4 nitrogen and oxygen atoms in total. The minimum Gasteiger partial charge on any atom is -0.361 e. The molecule has 0 radical (unpaired) electrons. The van der Waals surface area contributed by atoms with Crippen LogP contribution in [0.2, 0.25) is 0 Å². The first-order valence-electron chi connectivity index (χ1n) is 5.81. The van der Waals surface area contributed by atoms with Gasteiger partial charge in [-0.25, -0.2) is 4.39 Å². The Labute approximate surface area is 98.8 Å². The number of halogens is 1. The number of carbonyl (C=O) groups is 1. The Morgan fingerprint density at radius 3 is 3.18 bits per heavy atom. The lowest BCUT2D eigenvalue weighted by Gasteiger charge is -2.36. The minimum atomic E-state index is -0.267. The van der Waals surface area contributed by atoms with Gasteiger partial charge in [-0.15, -0.1) is 0 Å². The standard InChI is InChI=1S/C12H14FN3O/c13-9-2-1-3-10-12(9)16-5-4-14-7-8(16)6-11(17)15-10/h1-3,8,14H,4-7H2,(H,15,17). The largest absolute Gasteiger partial charge is 0.361 e. The van der Waals surface area contributed by atoms with Crippen LogP contribution in [0.3, 0.4) is 0 Å². The van der Waals surface area contributed by atoms with Crippen LogP contribution >= 0.6 is 0 Å². The molecule has 1 amide bonds. The predicted octanol–water partition coefficient (Wildman–Crippen LogP) is 0.946. The normalized spacial score (nSPS) is 23.5. The highest BCUT2D eigenvalue weighted by molar-refractivity contribution is 5.96. The lowest BCUT2D eigenvalue weighted by Crippen LogP contribution is -2.51. The molecule has 0 aromatic heterocycles. The molecule has 2 aliphatic rings. The maximum atomic E-state index is 13.9. The molecule has 0 spiro atoms. The number of para-hydroxylation sites is 1. The van der Waals surface area contributed by atoms with E-state index in [2.05, 4.69) is 10.6 Å². The fraction of sp³-hybridized carbons (Fsp3) is 0.417. The SMILES string of the molecule is O=C1CC2CNCCN2c2c(F)cccc2N1. The molecular formula is C12H14FN3O. The summed E-state index contributed by atoms with van der Waals surface area (Å²) in [7, 11) is 0. The quantitative estimate of drug-likeness (QED) is 0.703. The van der Waals surface area contributed by atoms with Crippen LogP contribution in [0.1, 0.15) is 6.42 Å². The van der Waals surface area contributed by atoms with E-state index in [1.54, 1.807) is 12.1 Å². The van der Waals surface area contributed by atoms with Gasteiger partial charge in [-0.05, 0) is 12.1 Å². The van der Waals surface area contributed by atoms with Gasteiger partial charge in [0, 0.05) is 26.1 Å². The Balaban J connectivity index is 2.10. The molecular weight excluding hydrogens is 221 g/mol. The molecule has 0 saturated carbocycles. The van der Waals surface area contributed by atoms with Crippen molar-refractivity contribution in [3.8, 4) is 0 Å². The molecule has 2 N–H and O–H groups in total. The monoisotopic (exact) mass is 235 g/mol. The summed E-state index contributed by atoms with van der Waals surface area (Å²) < 4.78 is 13.9. The second-order valence-electron chi connectivity index (χ2n) is 4.44. The first-order valence-corrected chi connectivity index (χ1v) is 5.81. The molecule has 17 heavy (non-hydrogen) atoms. The van der Waals surface area contributed by atoms with Crippen molar-refractivity contribution >= 4 is 17.3 Å². The third kappa shape index (κ3) is 1.76. The van der Waals surface area contributed by atoms with Crippen LogP contribution in [-0.2, 0) is 4.79 Å². The van der Waals surface area contributed by atoms with Gasteiger partial charge < -0.3 is 15.5 Å². The van der Waals surface area contributed by atoms with Gasteiger partial charge in [-0.1, -0.05) is 6.07 Å². The zero-order valence-corrected chi connectivity index (χ0v) is 9.37. The predicted molar refractivity (Wildman–Crippen MR) is 63.7 cm³/mol. The molecule has 3 rings (SSSR count). The van der Waals surface area contributed by atoms with Gasteiger partial charge in [0.15, 0.2) is 0 Å². The zero-order chi connectivity index (χ0) is 11.8. The Bertz CT molecular complexity index is 463. The van der Waals surface area contributed by atoms with Crippen molar-refractivity contribution in [2.24, 2.45) is 0 Å². The summed E-state index contributed by atoms with van der Waals surface area (Å²) in [6, 6.07) is 4.86. The van der Waals surface area contributed by atoms with E-state index in [1.807, 2.05) is 4.90 Å². The molecule has 1 fully saturated rings. The van der Waals surface area contributed by atoms with Crippen molar-refractivity contribution in [3.05, 3.63) is 24.0 Å². The number of anilines is 2. The summed E-state index contributed by atoms with van der Waals surface area (Å²) in [5.41, 5.74) is 1.12. The van der Waals surface area contributed by atoms with E-state index >= 15 is 0 Å². The van der Waals surface area contributed by atoms with Gasteiger partial charge in [0.05, 0.1) is 17.4 Å². The van der Waals surface area contributed by atoms with E-state index in [0.717, 1.165) is 19.6 Å². The van der Waals surface area contributed by atoms with Crippen LogP contribution in [0, 0.1) is 5.82 Å². The van der Waals surface area contributed by atoms with E-state index in [0.29, 0.717) is 17.8 Å². The van der Waals surface area contributed by atoms with Crippen molar-refractivity contribution < 1.29 is 9.18 Å². The summed E-state index contributed by atoms with van der Waals surface area (Å²) in [4.78, 5) is 13.7. The summed E-state index contributed by atoms with van der Waals surface area (Å²) >= 11 is 0. The molecule has 1 aromatic carbocycles. The van der Waals surface area contributed by atoms with Crippen LogP contribution in [0.25, 0.3) is 0 Å². The van der Waals surface area contributed by atoms with Gasteiger partial charge in [-0.3, -0.25) is 4.79 Å². The molecule has 1 aromatic rings. The molecule has 2 aliphatic heterocycles. The number of rotatable bonds is 0. The van der Waals surface area contributed by atoms with E-state index in [4.69, 9.17) is 0 Å².